The molecule has 0 fully saturated rings. The smallest absolute Gasteiger partial charge is 0.339 e. The maximum Gasteiger partial charge on any atom is 0.339 e. The first-order valence-corrected chi connectivity index (χ1v) is 9.44. The molecule has 0 amide bonds. The van der Waals surface area contributed by atoms with Crippen molar-refractivity contribution >= 4 is 40.2 Å². The second-order valence-corrected chi connectivity index (χ2v) is 7.43. The minimum atomic E-state index is -1.11. The number of rotatable bonds is 8. The van der Waals surface area contributed by atoms with Crippen molar-refractivity contribution in [3.8, 4) is 0 Å². The van der Waals surface area contributed by atoms with E-state index in [0.717, 1.165) is 5.56 Å². The van der Waals surface area contributed by atoms with Gasteiger partial charge < -0.3 is 15.8 Å². The van der Waals surface area contributed by atoms with Gasteiger partial charge in [-0.1, -0.05) is 12.1 Å². The van der Waals surface area contributed by atoms with Crippen molar-refractivity contribution in [2.45, 2.75) is 25.8 Å². The van der Waals surface area contributed by atoms with Gasteiger partial charge in [-0.3, -0.25) is 4.79 Å². The van der Waals surface area contributed by atoms with Crippen LogP contribution in [-0.2, 0) is 16.0 Å². The lowest BCUT2D eigenvalue weighted by atomic mass is 9.89. The molecule has 144 valence electrons. The zero-order valence-electron chi connectivity index (χ0n) is 15.1. The molecule has 6 nitrogen and oxygen atoms in total. The molecular weight excluding hydrogens is 464 g/mol. The van der Waals surface area contributed by atoms with Gasteiger partial charge in [0.2, 0.25) is 0 Å². The zero-order valence-corrected chi connectivity index (χ0v) is 17.2. The van der Waals surface area contributed by atoms with E-state index < -0.39 is 11.5 Å². The minimum Gasteiger partial charge on any atom is -0.462 e. The van der Waals surface area contributed by atoms with Crippen LogP contribution in [0.1, 0.15) is 29.8 Å². The van der Waals surface area contributed by atoms with Crippen LogP contribution in [-0.4, -0.2) is 35.4 Å². The highest BCUT2D eigenvalue weighted by Crippen LogP contribution is 2.18. The van der Waals surface area contributed by atoms with Crippen LogP contribution in [0.15, 0.2) is 36.5 Å². The number of ketones is 1. The van der Waals surface area contributed by atoms with Crippen LogP contribution >= 0.6 is 22.6 Å². The molecule has 1 unspecified atom stereocenters. The Hall–Kier alpha value is -2.07. The van der Waals surface area contributed by atoms with Crippen LogP contribution in [0.4, 0.5) is 10.2 Å². The van der Waals surface area contributed by atoms with E-state index in [1.54, 1.807) is 32.0 Å². The number of carbonyl (C=O) groups is 2. The summed E-state index contributed by atoms with van der Waals surface area (Å²) in [4.78, 5) is 28.4. The van der Waals surface area contributed by atoms with Crippen molar-refractivity contribution in [1.29, 1.82) is 0 Å². The summed E-state index contributed by atoms with van der Waals surface area (Å²) in [6, 6.07) is 7.54. The van der Waals surface area contributed by atoms with Gasteiger partial charge in [-0.25, -0.2) is 14.2 Å². The van der Waals surface area contributed by atoms with Crippen molar-refractivity contribution in [3.05, 3.63) is 57.0 Å². The van der Waals surface area contributed by atoms with Gasteiger partial charge in [0, 0.05) is 6.20 Å². The van der Waals surface area contributed by atoms with Crippen LogP contribution < -0.4 is 11.1 Å². The van der Waals surface area contributed by atoms with E-state index in [1.165, 1.54) is 18.3 Å². The Morgan fingerprint density at radius 1 is 1.33 bits per heavy atom. The number of pyridine rings is 1. The molecule has 8 heteroatoms. The number of anilines is 1. The molecule has 0 aliphatic carbocycles. The number of hydrogen-bond acceptors (Lipinski definition) is 6. The lowest BCUT2D eigenvalue weighted by Gasteiger charge is -2.23. The van der Waals surface area contributed by atoms with Crippen molar-refractivity contribution in [1.82, 2.24) is 4.98 Å². The topological polar surface area (TPSA) is 94.3 Å². The summed E-state index contributed by atoms with van der Waals surface area (Å²) in [5.74, 6) is -0.509. The molecule has 2 rings (SSSR count). The number of esters is 1. The number of carbonyl (C=O) groups excluding carboxylic acids is 2. The molecule has 0 aliphatic rings. The van der Waals surface area contributed by atoms with Crippen molar-refractivity contribution in [3.63, 3.8) is 0 Å². The summed E-state index contributed by atoms with van der Waals surface area (Å²) in [5, 5.41) is 2.95. The highest BCUT2D eigenvalue weighted by molar-refractivity contribution is 14.1. The van der Waals surface area contributed by atoms with Gasteiger partial charge in [-0.05, 0) is 66.6 Å². The Kier molecular flexibility index (Phi) is 7.25. The summed E-state index contributed by atoms with van der Waals surface area (Å²) in [6.07, 6.45) is 1.69. The van der Waals surface area contributed by atoms with Crippen molar-refractivity contribution in [2.24, 2.45) is 5.73 Å². The Morgan fingerprint density at radius 3 is 2.59 bits per heavy atom. The number of nitrogens with two attached hydrogens (primary N) is 1. The number of nitrogens with zero attached hydrogens (tertiary/aromatic N) is 1. The predicted octanol–water partition coefficient (Wildman–Crippen LogP) is 2.94. The summed E-state index contributed by atoms with van der Waals surface area (Å²) >= 11 is 2.03. The summed E-state index contributed by atoms with van der Waals surface area (Å²) < 4.78 is 18.6. The van der Waals surface area contributed by atoms with Gasteiger partial charge in [0.05, 0.1) is 27.8 Å². The van der Waals surface area contributed by atoms with E-state index >= 15 is 0 Å². The first-order valence-electron chi connectivity index (χ1n) is 8.36. The second-order valence-electron chi connectivity index (χ2n) is 6.27. The molecule has 0 aliphatic heterocycles. The van der Waals surface area contributed by atoms with Crippen LogP contribution in [0.2, 0.25) is 0 Å². The highest BCUT2D eigenvalue weighted by Gasteiger charge is 2.28. The fourth-order valence-electron chi connectivity index (χ4n) is 2.38. The fraction of sp³-hybridized carbons (Fsp3) is 0.316. The molecule has 0 saturated carbocycles. The molecule has 1 heterocycles. The average Bonchev–Trinajstić information content (AvgIpc) is 2.62. The van der Waals surface area contributed by atoms with Crippen LogP contribution in [0.3, 0.4) is 0 Å². The number of hydrogen-bond donors (Lipinski definition) is 2. The monoisotopic (exact) mass is 485 g/mol. The van der Waals surface area contributed by atoms with E-state index in [9.17, 15) is 14.0 Å². The number of halogens is 2. The van der Waals surface area contributed by atoms with Crippen LogP contribution in [0.25, 0.3) is 0 Å². The number of nitrogens with one attached hydrogen (secondary N) is 1. The quantitative estimate of drug-likeness (QED) is 0.441. The number of Topliss-reactive ketones (excluding diaryl/α,β-unsaturated/α-hetero) is 1. The van der Waals surface area contributed by atoms with Gasteiger partial charge in [-0.15, -0.1) is 0 Å². The molecule has 0 spiro atoms. The highest BCUT2D eigenvalue weighted by atomic mass is 127. The van der Waals surface area contributed by atoms with E-state index in [0.29, 0.717) is 21.4 Å². The Morgan fingerprint density at radius 2 is 2.00 bits per heavy atom. The summed E-state index contributed by atoms with van der Waals surface area (Å²) in [5.41, 5.74) is 6.18. The number of ether oxygens (including phenoxy) is 1. The molecular formula is C19H21FIN3O3. The third-order valence-electron chi connectivity index (χ3n) is 3.89. The predicted molar refractivity (Wildman–Crippen MR) is 109 cm³/mol. The van der Waals surface area contributed by atoms with Gasteiger partial charge in [0.1, 0.15) is 11.6 Å². The Labute approximate surface area is 170 Å². The van der Waals surface area contributed by atoms with Crippen molar-refractivity contribution in [2.75, 3.05) is 18.5 Å². The summed E-state index contributed by atoms with van der Waals surface area (Å²) in [7, 11) is 0. The third-order valence-corrected chi connectivity index (χ3v) is 4.71. The fourth-order valence-corrected chi connectivity index (χ4v) is 3.05. The maximum atomic E-state index is 13.0. The van der Waals surface area contributed by atoms with Gasteiger partial charge in [0.15, 0.2) is 5.78 Å². The Bertz CT molecular complexity index is 825. The molecule has 0 bridgehead atoms. The molecule has 1 aromatic heterocycles. The van der Waals surface area contributed by atoms with Crippen LogP contribution in [0.5, 0.6) is 0 Å². The maximum absolute atomic E-state index is 13.0. The van der Waals surface area contributed by atoms with Crippen LogP contribution in [0, 0.1) is 9.39 Å². The van der Waals surface area contributed by atoms with E-state index in [4.69, 9.17) is 10.5 Å². The van der Waals surface area contributed by atoms with E-state index in [1.807, 2.05) is 22.6 Å². The standard InChI is InChI=1S/C19H21FIN3O3/c1-3-27-18(26)13-8-15(21)17(23-10-13)24-11-16(25)19(2,22)9-12-4-6-14(20)7-5-12/h4-8,10H,3,9,11,22H2,1-2H3,(H,23,24). The lowest BCUT2D eigenvalue weighted by Crippen LogP contribution is -2.49. The molecule has 3 N–H and O–H groups in total. The second kappa shape index (κ2) is 9.23. The van der Waals surface area contributed by atoms with Gasteiger partial charge in [0.25, 0.3) is 0 Å². The lowest BCUT2D eigenvalue weighted by molar-refractivity contribution is -0.121. The normalized spacial score (nSPS) is 12.9. The molecule has 2 aromatic rings. The minimum absolute atomic E-state index is 0.0179. The largest absolute Gasteiger partial charge is 0.462 e. The molecule has 0 radical (unpaired) electrons. The molecule has 27 heavy (non-hydrogen) atoms. The van der Waals surface area contributed by atoms with E-state index in [2.05, 4.69) is 10.3 Å². The van der Waals surface area contributed by atoms with Crippen molar-refractivity contribution < 1.29 is 18.7 Å². The molecule has 0 saturated heterocycles. The average molecular weight is 485 g/mol. The number of aromatic nitrogens is 1. The van der Waals surface area contributed by atoms with Gasteiger partial charge in [-0.2, -0.15) is 0 Å². The number of benzene rings is 1. The Balaban J connectivity index is 1.99. The SMILES string of the molecule is CCOC(=O)c1cnc(NCC(=O)C(C)(N)Cc2ccc(F)cc2)c(I)c1. The van der Waals surface area contributed by atoms with Gasteiger partial charge >= 0.3 is 5.97 Å². The first kappa shape index (κ1) is 21.2. The zero-order chi connectivity index (χ0) is 20.0. The third kappa shape index (κ3) is 5.96. The molecule has 1 atom stereocenters. The summed E-state index contributed by atoms with van der Waals surface area (Å²) in [6.45, 7) is 3.64. The first-order chi connectivity index (χ1) is 12.7. The molecule has 1 aromatic carbocycles. The van der Waals surface area contributed by atoms with E-state index in [-0.39, 0.29) is 24.8 Å².